The highest BCUT2D eigenvalue weighted by molar-refractivity contribution is 5.74. The predicted molar refractivity (Wildman–Crippen MR) is 232 cm³/mol. The molecule has 8 aliphatic rings. The normalized spacial score (nSPS) is 47.9. The van der Waals surface area contributed by atoms with E-state index in [-0.39, 0.29) is 39.1 Å². The van der Waals surface area contributed by atoms with Crippen molar-refractivity contribution in [3.05, 3.63) is 35.4 Å². The van der Waals surface area contributed by atoms with Crippen LogP contribution in [0.25, 0.3) is 0 Å². The monoisotopic (exact) mass is 799 g/mol. The Hall–Kier alpha value is -1.43. The fraction of sp³-hybridized carbons (Fsp3) is 0.868. The highest BCUT2D eigenvalue weighted by Gasteiger charge is 2.81. The zero-order valence-electron chi connectivity index (χ0n) is 37.7. The number of aliphatic hydroxyl groups is 1. The van der Waals surface area contributed by atoms with Crippen LogP contribution in [-0.2, 0) is 27.1 Å². The molecule has 1 spiro atoms. The Bertz CT molecular complexity index is 1650. The van der Waals surface area contributed by atoms with Crippen molar-refractivity contribution in [1.29, 1.82) is 0 Å². The van der Waals surface area contributed by atoms with Gasteiger partial charge < -0.3 is 19.7 Å². The van der Waals surface area contributed by atoms with Gasteiger partial charge in [-0.3, -0.25) is 4.79 Å². The summed E-state index contributed by atoms with van der Waals surface area (Å²) in [4.78, 5) is 13.2. The molecule has 0 radical (unpaired) electrons. The van der Waals surface area contributed by atoms with Crippen LogP contribution in [0.1, 0.15) is 187 Å². The summed E-state index contributed by atoms with van der Waals surface area (Å²) in [5, 5.41) is 23.6. The second-order valence-corrected chi connectivity index (χ2v) is 23.6. The van der Waals surface area contributed by atoms with Crippen molar-refractivity contribution in [2.45, 2.75) is 201 Å². The Morgan fingerprint density at radius 1 is 0.828 bits per heavy atom. The van der Waals surface area contributed by atoms with Crippen molar-refractivity contribution in [1.82, 2.24) is 0 Å². The smallest absolute Gasteiger partial charge is 0.309 e. The van der Waals surface area contributed by atoms with E-state index in [4.69, 9.17) is 9.47 Å². The number of carboxylic acid groups (broad SMARTS) is 1. The molecule has 324 valence electrons. The molecule has 1 aliphatic heterocycles. The first kappa shape index (κ1) is 41.9. The quantitative estimate of drug-likeness (QED) is 0.183. The highest BCUT2D eigenvalue weighted by Crippen LogP contribution is 2.84. The molecular formula is C53H82O5. The molecule has 2 N–H and O–H groups in total. The van der Waals surface area contributed by atoms with E-state index in [1.807, 2.05) is 0 Å². The summed E-state index contributed by atoms with van der Waals surface area (Å²) in [6.45, 7) is 13.4. The molecule has 5 nitrogen and oxygen atoms in total. The Kier molecular flexibility index (Phi) is 10.9. The molecular weight excluding hydrogens is 717 g/mol. The van der Waals surface area contributed by atoms with Crippen LogP contribution in [0, 0.1) is 73.9 Å². The van der Waals surface area contributed by atoms with Gasteiger partial charge in [0.05, 0.1) is 18.1 Å². The Morgan fingerprint density at radius 2 is 1.57 bits per heavy atom. The molecule has 8 fully saturated rings. The Morgan fingerprint density at radius 3 is 2.29 bits per heavy atom. The number of rotatable bonds is 14. The maximum atomic E-state index is 13.2. The summed E-state index contributed by atoms with van der Waals surface area (Å²) in [7, 11) is 1.78. The zero-order chi connectivity index (χ0) is 40.8. The van der Waals surface area contributed by atoms with E-state index in [1.165, 1.54) is 114 Å². The fourth-order valence-corrected chi connectivity index (χ4v) is 18.6. The van der Waals surface area contributed by atoms with Gasteiger partial charge in [-0.2, -0.15) is 0 Å². The lowest BCUT2D eigenvalue weighted by Gasteiger charge is -2.79. The van der Waals surface area contributed by atoms with Crippen LogP contribution in [0.2, 0.25) is 0 Å². The first-order chi connectivity index (χ1) is 27.7. The van der Waals surface area contributed by atoms with E-state index in [2.05, 4.69) is 58.9 Å². The van der Waals surface area contributed by atoms with Gasteiger partial charge in [-0.25, -0.2) is 0 Å². The minimum Gasteiger partial charge on any atom is -0.481 e. The second kappa shape index (κ2) is 15.1. The summed E-state index contributed by atoms with van der Waals surface area (Å²) in [6, 6.07) is 9.24. The predicted octanol–water partition coefficient (Wildman–Crippen LogP) is 12.6. The fourth-order valence-electron chi connectivity index (χ4n) is 18.6. The van der Waals surface area contributed by atoms with Crippen LogP contribution < -0.4 is 0 Å². The Balaban J connectivity index is 1.09. The SMILES string of the molecule is CCC[C@@H]1[C@]23CC[C@H]4[C@@]5(C)[C@@H](CC[C@@H](C[C@]1(O)O[C@@H]2Cc1ccc(CCOC)cc1)[C@@H]53)C[C@@]1(CCCCCC2CCCC2)[C@@H]2C[C@](C)(C(=O)O)CC[C@]2(C)CC[C@]41C. The number of methoxy groups -OCH3 is 1. The van der Waals surface area contributed by atoms with Crippen LogP contribution in [0.4, 0.5) is 0 Å². The zero-order valence-corrected chi connectivity index (χ0v) is 37.7. The number of hydrogen-bond donors (Lipinski definition) is 2. The first-order valence-electron chi connectivity index (χ1n) is 24.9. The van der Waals surface area contributed by atoms with Gasteiger partial charge in [0.25, 0.3) is 0 Å². The molecule has 0 aromatic heterocycles. The highest BCUT2D eigenvalue weighted by atomic mass is 16.6. The third-order valence-electron chi connectivity index (χ3n) is 21.3. The maximum Gasteiger partial charge on any atom is 0.309 e. The molecule has 1 aromatic carbocycles. The first-order valence-corrected chi connectivity index (χ1v) is 24.9. The van der Waals surface area contributed by atoms with E-state index in [0.29, 0.717) is 29.6 Å². The van der Waals surface area contributed by atoms with E-state index >= 15 is 0 Å². The standard InChI is InChI=1S/C53H82O5/c1-7-13-42-52-26-23-41-49(4)30-29-47(2)27-28-48(3,46(54)55)35-43(47)51(49,25-12-8-9-14-36-15-10-11-16-36)34-40-22-21-39(45(52)50(40,41)5)33-53(42,56)58-44(52)32-38-19-17-37(18-20-38)24-31-57-6/h17-20,36,39-45,56H,7-16,21-35H2,1-6H3,(H,54,55)/t39-,40-,41+,42+,43+,44+,45-,47+,48+,49+,50+,51-,52+,53-/m0/s1. The van der Waals surface area contributed by atoms with Crippen LogP contribution in [0.15, 0.2) is 24.3 Å². The van der Waals surface area contributed by atoms with Crippen LogP contribution in [0.3, 0.4) is 0 Å². The number of unbranched alkanes of at least 4 members (excludes halogenated alkanes) is 2. The summed E-state index contributed by atoms with van der Waals surface area (Å²) in [5.41, 5.74) is 2.83. The van der Waals surface area contributed by atoms with Crippen LogP contribution in [-0.4, -0.2) is 41.8 Å². The van der Waals surface area contributed by atoms with E-state index in [9.17, 15) is 15.0 Å². The van der Waals surface area contributed by atoms with Gasteiger partial charge in [0.2, 0.25) is 0 Å². The topological polar surface area (TPSA) is 76.0 Å². The van der Waals surface area contributed by atoms with Gasteiger partial charge in [-0.05, 0) is 165 Å². The molecule has 9 rings (SSSR count). The van der Waals surface area contributed by atoms with Gasteiger partial charge in [0, 0.05) is 24.9 Å². The molecule has 1 aromatic rings. The van der Waals surface area contributed by atoms with Crippen molar-refractivity contribution in [2.24, 2.45) is 73.9 Å². The lowest BCUT2D eigenvalue weighted by molar-refractivity contribution is -0.316. The molecule has 5 heteroatoms. The number of hydrogen-bond acceptors (Lipinski definition) is 4. The van der Waals surface area contributed by atoms with Crippen molar-refractivity contribution >= 4 is 5.97 Å². The van der Waals surface area contributed by atoms with Gasteiger partial charge in [0.15, 0.2) is 5.79 Å². The summed E-state index contributed by atoms with van der Waals surface area (Å²) < 4.78 is 12.6. The molecule has 58 heavy (non-hydrogen) atoms. The Labute approximate surface area is 353 Å². The summed E-state index contributed by atoms with van der Waals surface area (Å²) in [6.07, 6.45) is 28.9. The van der Waals surface area contributed by atoms with E-state index in [1.54, 1.807) is 7.11 Å². The van der Waals surface area contributed by atoms with Gasteiger partial charge >= 0.3 is 5.97 Å². The van der Waals surface area contributed by atoms with Crippen molar-refractivity contribution in [3.63, 3.8) is 0 Å². The van der Waals surface area contributed by atoms with Gasteiger partial charge in [-0.1, -0.05) is 110 Å². The molecule has 1 heterocycles. The number of fused-ring (bicyclic) bond motifs is 5. The molecule has 14 atom stereocenters. The van der Waals surface area contributed by atoms with Crippen molar-refractivity contribution in [2.75, 3.05) is 13.7 Å². The van der Waals surface area contributed by atoms with E-state index < -0.39 is 17.2 Å². The largest absolute Gasteiger partial charge is 0.481 e. The van der Waals surface area contributed by atoms with Crippen molar-refractivity contribution < 1.29 is 24.5 Å². The van der Waals surface area contributed by atoms with E-state index in [0.717, 1.165) is 63.9 Å². The molecule has 7 saturated carbocycles. The number of ether oxygens (including phenoxy) is 2. The maximum absolute atomic E-state index is 13.2. The molecule has 0 amide bonds. The average molecular weight is 799 g/mol. The lowest BCUT2D eigenvalue weighted by Crippen LogP contribution is -2.74. The summed E-state index contributed by atoms with van der Waals surface area (Å²) in [5.74, 6) is 2.41. The van der Waals surface area contributed by atoms with Gasteiger partial charge in [-0.15, -0.1) is 0 Å². The molecule has 2 bridgehead atoms. The third-order valence-corrected chi connectivity index (χ3v) is 21.3. The molecule has 0 unspecified atom stereocenters. The second-order valence-electron chi connectivity index (χ2n) is 23.6. The summed E-state index contributed by atoms with van der Waals surface area (Å²) >= 11 is 0. The number of benzene rings is 1. The van der Waals surface area contributed by atoms with Gasteiger partial charge in [0.1, 0.15) is 0 Å². The van der Waals surface area contributed by atoms with Crippen molar-refractivity contribution in [3.8, 4) is 0 Å². The van der Waals surface area contributed by atoms with Crippen LogP contribution in [0.5, 0.6) is 0 Å². The molecule has 7 aliphatic carbocycles. The average Bonchev–Trinajstić information content (AvgIpc) is 3.76. The molecule has 1 saturated heterocycles. The number of aliphatic carboxylic acids is 1. The minimum atomic E-state index is -1.02. The minimum absolute atomic E-state index is 0.0151. The number of carbonyl (C=O) groups is 1. The lowest BCUT2D eigenvalue weighted by atomic mass is 9.25. The third kappa shape index (κ3) is 6.15. The van der Waals surface area contributed by atoms with Crippen LogP contribution >= 0.6 is 0 Å². The number of carboxylic acids is 1.